The van der Waals surface area contributed by atoms with Gasteiger partial charge in [0.2, 0.25) is 10.0 Å². The molecule has 6 nitrogen and oxygen atoms in total. The van der Waals surface area contributed by atoms with Crippen LogP contribution >= 0.6 is 23.2 Å². The maximum atomic E-state index is 12.4. The standard InChI is InChI=1S/C13H16Cl2N2O4S/c14-10-2-1-3-11(13(10)15)22(20,21)16-9-4-6-17(7-5-9)8-12(18)19/h1-3,9,16H,4-8H2,(H,18,19). The van der Waals surface area contributed by atoms with Crippen LogP contribution in [-0.4, -0.2) is 50.1 Å². The first-order chi connectivity index (χ1) is 10.3. The minimum atomic E-state index is -3.75. The number of hydrogen-bond donors (Lipinski definition) is 2. The molecule has 122 valence electrons. The number of carboxylic acids is 1. The molecule has 1 aliphatic rings. The molecule has 0 unspecified atom stereocenters. The topological polar surface area (TPSA) is 86.7 Å². The number of benzene rings is 1. The summed E-state index contributed by atoms with van der Waals surface area (Å²) in [5.41, 5.74) is 0. The van der Waals surface area contributed by atoms with Gasteiger partial charge in [0.15, 0.2) is 0 Å². The average Bonchev–Trinajstić information content (AvgIpc) is 2.43. The van der Waals surface area contributed by atoms with Gasteiger partial charge in [-0.05, 0) is 25.0 Å². The summed E-state index contributed by atoms with van der Waals surface area (Å²) in [5.74, 6) is -0.885. The monoisotopic (exact) mass is 366 g/mol. The van der Waals surface area contributed by atoms with Crippen LogP contribution in [0.5, 0.6) is 0 Å². The van der Waals surface area contributed by atoms with Crippen LogP contribution in [0, 0.1) is 0 Å². The predicted molar refractivity (Wildman–Crippen MR) is 83.9 cm³/mol. The Balaban J connectivity index is 2.02. The Kier molecular flexibility index (Phi) is 5.68. The highest BCUT2D eigenvalue weighted by molar-refractivity contribution is 7.89. The molecule has 2 N–H and O–H groups in total. The van der Waals surface area contributed by atoms with Crippen molar-refractivity contribution in [1.29, 1.82) is 0 Å². The van der Waals surface area contributed by atoms with E-state index in [-0.39, 0.29) is 27.5 Å². The molecule has 1 aromatic rings. The molecule has 1 fully saturated rings. The lowest BCUT2D eigenvalue weighted by Crippen LogP contribution is -2.45. The van der Waals surface area contributed by atoms with E-state index in [0.29, 0.717) is 25.9 Å². The van der Waals surface area contributed by atoms with Crippen molar-refractivity contribution in [3.63, 3.8) is 0 Å². The van der Waals surface area contributed by atoms with Crippen molar-refractivity contribution >= 4 is 39.2 Å². The molecule has 22 heavy (non-hydrogen) atoms. The molecular formula is C13H16Cl2N2O4S. The van der Waals surface area contributed by atoms with E-state index >= 15 is 0 Å². The van der Waals surface area contributed by atoms with E-state index in [1.807, 2.05) is 0 Å². The van der Waals surface area contributed by atoms with Crippen LogP contribution in [0.3, 0.4) is 0 Å². The van der Waals surface area contributed by atoms with Crippen molar-refractivity contribution < 1.29 is 18.3 Å². The second kappa shape index (κ2) is 7.14. The maximum absolute atomic E-state index is 12.4. The Morgan fingerprint density at radius 3 is 2.55 bits per heavy atom. The average molecular weight is 367 g/mol. The van der Waals surface area contributed by atoms with E-state index in [1.54, 1.807) is 4.90 Å². The second-order valence-corrected chi connectivity index (χ2v) is 7.58. The third kappa shape index (κ3) is 4.33. The first-order valence-electron chi connectivity index (χ1n) is 6.70. The van der Waals surface area contributed by atoms with Gasteiger partial charge in [-0.15, -0.1) is 0 Å². The van der Waals surface area contributed by atoms with Crippen molar-refractivity contribution in [2.75, 3.05) is 19.6 Å². The minimum absolute atomic E-state index is 0.0000187. The molecule has 0 spiro atoms. The van der Waals surface area contributed by atoms with Crippen molar-refractivity contribution in [1.82, 2.24) is 9.62 Å². The zero-order valence-electron chi connectivity index (χ0n) is 11.6. The van der Waals surface area contributed by atoms with Gasteiger partial charge in [0.1, 0.15) is 4.90 Å². The SMILES string of the molecule is O=C(O)CN1CCC(NS(=O)(=O)c2cccc(Cl)c2Cl)CC1. The van der Waals surface area contributed by atoms with Gasteiger partial charge in [0.25, 0.3) is 0 Å². The zero-order valence-corrected chi connectivity index (χ0v) is 14.0. The molecule has 0 aliphatic carbocycles. The maximum Gasteiger partial charge on any atom is 0.317 e. The summed E-state index contributed by atoms with van der Waals surface area (Å²) < 4.78 is 27.4. The largest absolute Gasteiger partial charge is 0.480 e. The highest BCUT2D eigenvalue weighted by Crippen LogP contribution is 2.29. The Morgan fingerprint density at radius 2 is 1.95 bits per heavy atom. The van der Waals surface area contributed by atoms with Crippen LogP contribution in [0.4, 0.5) is 0 Å². The van der Waals surface area contributed by atoms with Crippen molar-refractivity contribution in [2.24, 2.45) is 0 Å². The number of nitrogens with one attached hydrogen (secondary N) is 1. The Labute approximate surface area is 139 Å². The molecule has 1 heterocycles. The fourth-order valence-electron chi connectivity index (χ4n) is 2.37. The van der Waals surface area contributed by atoms with E-state index < -0.39 is 16.0 Å². The molecule has 0 saturated carbocycles. The van der Waals surface area contributed by atoms with Crippen molar-refractivity contribution in [3.05, 3.63) is 28.2 Å². The van der Waals surface area contributed by atoms with E-state index in [2.05, 4.69) is 4.72 Å². The fourth-order valence-corrected chi connectivity index (χ4v) is 4.44. The fraction of sp³-hybridized carbons (Fsp3) is 0.462. The summed E-state index contributed by atoms with van der Waals surface area (Å²) in [5, 5.41) is 8.92. The Bertz CT molecular complexity index is 658. The van der Waals surface area contributed by atoms with Crippen LogP contribution in [0.2, 0.25) is 10.0 Å². The molecule has 1 aliphatic heterocycles. The number of hydrogen-bond acceptors (Lipinski definition) is 4. The lowest BCUT2D eigenvalue weighted by molar-refractivity contribution is -0.138. The van der Waals surface area contributed by atoms with Crippen molar-refractivity contribution in [3.8, 4) is 0 Å². The van der Waals surface area contributed by atoms with Gasteiger partial charge in [0.05, 0.1) is 16.6 Å². The third-order valence-corrected chi connectivity index (χ3v) is 5.97. The van der Waals surface area contributed by atoms with Gasteiger partial charge in [-0.3, -0.25) is 9.69 Å². The smallest absolute Gasteiger partial charge is 0.317 e. The first-order valence-corrected chi connectivity index (χ1v) is 8.94. The van der Waals surface area contributed by atoms with Gasteiger partial charge in [-0.2, -0.15) is 0 Å². The van der Waals surface area contributed by atoms with Crippen LogP contribution in [0.25, 0.3) is 0 Å². The second-order valence-electron chi connectivity index (χ2n) is 5.12. The van der Waals surface area contributed by atoms with Crippen molar-refractivity contribution in [2.45, 2.75) is 23.8 Å². The summed E-state index contributed by atoms with van der Waals surface area (Å²) in [6.45, 7) is 1.03. The highest BCUT2D eigenvalue weighted by Gasteiger charge is 2.27. The number of carbonyl (C=O) groups is 1. The molecule has 0 atom stereocenters. The molecule has 0 amide bonds. The van der Waals surface area contributed by atoms with Gasteiger partial charge in [-0.25, -0.2) is 13.1 Å². The summed E-state index contributed by atoms with van der Waals surface area (Å²) >= 11 is 11.8. The van der Waals surface area contributed by atoms with Gasteiger partial charge < -0.3 is 5.11 Å². The molecule has 1 saturated heterocycles. The van der Waals surface area contributed by atoms with Crippen LogP contribution in [0.15, 0.2) is 23.1 Å². The normalized spacial score (nSPS) is 17.5. The zero-order chi connectivity index (χ0) is 16.3. The Morgan fingerprint density at radius 1 is 1.32 bits per heavy atom. The minimum Gasteiger partial charge on any atom is -0.480 e. The number of halogens is 2. The number of rotatable bonds is 5. The molecule has 2 rings (SSSR count). The Hall–Kier alpha value is -0.860. The quantitative estimate of drug-likeness (QED) is 0.829. The number of likely N-dealkylation sites (tertiary alicyclic amines) is 1. The first kappa shape index (κ1) is 17.5. The van der Waals surface area contributed by atoms with E-state index in [4.69, 9.17) is 28.3 Å². The van der Waals surface area contributed by atoms with E-state index in [1.165, 1.54) is 18.2 Å². The molecule has 9 heteroatoms. The molecule has 1 aromatic carbocycles. The predicted octanol–water partition coefficient (Wildman–Crippen LogP) is 1.82. The van der Waals surface area contributed by atoms with Crippen LogP contribution < -0.4 is 4.72 Å². The summed E-state index contributed by atoms with van der Waals surface area (Å²) in [7, 11) is -3.75. The highest BCUT2D eigenvalue weighted by atomic mass is 35.5. The lowest BCUT2D eigenvalue weighted by Gasteiger charge is -2.31. The van der Waals surface area contributed by atoms with Gasteiger partial charge in [-0.1, -0.05) is 29.3 Å². The molecular weight excluding hydrogens is 351 g/mol. The van der Waals surface area contributed by atoms with Gasteiger partial charge >= 0.3 is 5.97 Å². The number of aliphatic carboxylic acids is 1. The molecule has 0 radical (unpaired) electrons. The number of piperidine rings is 1. The summed E-state index contributed by atoms with van der Waals surface area (Å²) in [6.07, 6.45) is 1.09. The molecule has 0 aromatic heterocycles. The third-order valence-electron chi connectivity index (χ3n) is 3.47. The lowest BCUT2D eigenvalue weighted by atomic mass is 10.1. The molecule has 0 bridgehead atoms. The van der Waals surface area contributed by atoms with Crippen LogP contribution in [0.1, 0.15) is 12.8 Å². The van der Waals surface area contributed by atoms with Gasteiger partial charge in [0, 0.05) is 19.1 Å². The van der Waals surface area contributed by atoms with Crippen LogP contribution in [-0.2, 0) is 14.8 Å². The van der Waals surface area contributed by atoms with E-state index in [0.717, 1.165) is 0 Å². The number of nitrogens with zero attached hydrogens (tertiary/aromatic N) is 1. The number of carboxylic acid groups (broad SMARTS) is 1. The van der Waals surface area contributed by atoms with E-state index in [9.17, 15) is 13.2 Å². The number of sulfonamides is 1. The summed E-state index contributed by atoms with van der Waals surface area (Å²) in [6, 6.07) is 4.20. The summed E-state index contributed by atoms with van der Waals surface area (Å²) in [4.78, 5) is 12.4.